The van der Waals surface area contributed by atoms with Crippen LogP contribution in [0.25, 0.3) is 5.82 Å². The van der Waals surface area contributed by atoms with E-state index in [1.807, 2.05) is 49.5 Å². The lowest BCUT2D eigenvalue weighted by atomic mass is 9.98. The van der Waals surface area contributed by atoms with Gasteiger partial charge in [0.2, 0.25) is 0 Å². The molecule has 0 amide bonds. The number of nitrogens with zero attached hydrogens (tertiary/aromatic N) is 5. The average Bonchev–Trinajstić information content (AvgIpc) is 3.21. The van der Waals surface area contributed by atoms with E-state index in [1.54, 1.807) is 17.8 Å². The first-order valence-electron chi connectivity index (χ1n) is 9.57. The number of anilines is 2. The molecule has 0 spiro atoms. The van der Waals surface area contributed by atoms with E-state index in [4.69, 9.17) is 4.74 Å². The number of hydrogen-bond donors (Lipinski definition) is 1. The fraction of sp³-hybridized carbons (Fsp3) is 0.333. The number of aliphatic hydroxyl groups excluding tert-OH is 1. The average molecular weight is 393 g/mol. The van der Waals surface area contributed by atoms with Crippen molar-refractivity contribution >= 4 is 11.4 Å². The fourth-order valence-electron chi connectivity index (χ4n) is 3.23. The van der Waals surface area contributed by atoms with Gasteiger partial charge in [-0.1, -0.05) is 19.1 Å². The Bertz CT molecular complexity index is 1020. The van der Waals surface area contributed by atoms with Crippen LogP contribution in [0.2, 0.25) is 0 Å². The first-order chi connectivity index (χ1) is 14.0. The van der Waals surface area contributed by atoms with Crippen molar-refractivity contribution in [3.05, 3.63) is 70.5 Å². The highest BCUT2D eigenvalue weighted by atomic mass is 16.5. The van der Waals surface area contributed by atoms with E-state index >= 15 is 0 Å². The van der Waals surface area contributed by atoms with Crippen molar-refractivity contribution in [3.63, 3.8) is 0 Å². The zero-order valence-corrected chi connectivity index (χ0v) is 16.6. The summed E-state index contributed by atoms with van der Waals surface area (Å²) >= 11 is 0. The zero-order chi connectivity index (χ0) is 20.5. The summed E-state index contributed by atoms with van der Waals surface area (Å²) in [6.45, 7) is 5.99. The maximum Gasteiger partial charge on any atom is 0.153 e. The number of rotatable bonds is 8. The number of benzene rings is 1. The molecule has 3 aromatic rings. The number of pyridine rings is 1. The molecule has 4 rings (SSSR count). The van der Waals surface area contributed by atoms with Gasteiger partial charge >= 0.3 is 0 Å². The van der Waals surface area contributed by atoms with Crippen molar-refractivity contribution in [2.24, 2.45) is 5.29 Å². The van der Waals surface area contributed by atoms with Gasteiger partial charge in [0.25, 0.3) is 0 Å². The summed E-state index contributed by atoms with van der Waals surface area (Å²) in [6.07, 6.45) is 3.01. The summed E-state index contributed by atoms with van der Waals surface area (Å²) in [7, 11) is 0. The molecule has 0 radical (unpaired) electrons. The molecule has 8 nitrogen and oxygen atoms in total. The molecule has 150 valence electrons. The molecule has 0 bridgehead atoms. The van der Waals surface area contributed by atoms with E-state index in [0.29, 0.717) is 5.82 Å². The van der Waals surface area contributed by atoms with Crippen LogP contribution in [-0.4, -0.2) is 32.6 Å². The smallest absolute Gasteiger partial charge is 0.153 e. The molecule has 3 heterocycles. The monoisotopic (exact) mass is 393 g/mol. The zero-order valence-electron chi connectivity index (χ0n) is 16.6. The maximum atomic E-state index is 10.7. The van der Waals surface area contributed by atoms with Crippen molar-refractivity contribution in [1.29, 1.82) is 0 Å². The minimum absolute atomic E-state index is 0.0730. The molecular weight excluding hydrogens is 370 g/mol. The van der Waals surface area contributed by atoms with Gasteiger partial charge in [0.05, 0.1) is 41.2 Å². The Balaban J connectivity index is 1.46. The van der Waals surface area contributed by atoms with Crippen molar-refractivity contribution < 1.29 is 9.84 Å². The van der Waals surface area contributed by atoms with Crippen LogP contribution in [0.5, 0.6) is 0 Å². The first-order valence-corrected chi connectivity index (χ1v) is 9.57. The van der Waals surface area contributed by atoms with Crippen LogP contribution in [-0.2, 0) is 4.74 Å². The third-order valence-electron chi connectivity index (χ3n) is 5.10. The normalized spacial score (nSPS) is 15.5. The number of nitroso groups, excluding NO2 is 1. The van der Waals surface area contributed by atoms with Gasteiger partial charge in [-0.3, -0.25) is 0 Å². The second kappa shape index (κ2) is 7.73. The number of aromatic nitrogens is 3. The quantitative estimate of drug-likeness (QED) is 0.459. The highest BCUT2D eigenvalue weighted by Gasteiger charge is 2.31. The summed E-state index contributed by atoms with van der Waals surface area (Å²) < 4.78 is 7.35. The summed E-state index contributed by atoms with van der Waals surface area (Å²) in [5.74, 6) is 0.787. The molecule has 29 heavy (non-hydrogen) atoms. The van der Waals surface area contributed by atoms with Crippen molar-refractivity contribution in [1.82, 2.24) is 14.8 Å². The molecule has 0 aliphatic carbocycles. The summed E-state index contributed by atoms with van der Waals surface area (Å²) in [5.41, 5.74) is 4.64. The van der Waals surface area contributed by atoms with E-state index in [9.17, 15) is 10.0 Å². The molecule has 0 fully saturated rings. The van der Waals surface area contributed by atoms with E-state index in [0.717, 1.165) is 28.2 Å². The van der Waals surface area contributed by atoms with E-state index < -0.39 is 6.10 Å². The largest absolute Gasteiger partial charge is 0.391 e. The lowest BCUT2D eigenvalue weighted by Crippen LogP contribution is -2.13. The molecule has 1 aliphatic rings. The van der Waals surface area contributed by atoms with Gasteiger partial charge in [-0.2, -0.15) is 10.1 Å². The van der Waals surface area contributed by atoms with Gasteiger partial charge in [0.15, 0.2) is 5.82 Å². The third kappa shape index (κ3) is 3.90. The Hall–Kier alpha value is -3.10. The highest BCUT2D eigenvalue weighted by Crippen LogP contribution is 2.49. The van der Waals surface area contributed by atoms with Gasteiger partial charge in [-0.05, 0) is 49.2 Å². The summed E-state index contributed by atoms with van der Waals surface area (Å²) in [4.78, 5) is 15.2. The van der Waals surface area contributed by atoms with Crippen LogP contribution in [0.1, 0.15) is 49.6 Å². The lowest BCUT2D eigenvalue weighted by molar-refractivity contribution is 0.00436. The van der Waals surface area contributed by atoms with Crippen LogP contribution in [0.15, 0.2) is 54.1 Å². The topological polar surface area (TPSA) is 92.6 Å². The summed E-state index contributed by atoms with van der Waals surface area (Å²) in [6, 6.07) is 11.7. The first kappa shape index (κ1) is 19.2. The van der Waals surface area contributed by atoms with Gasteiger partial charge in [-0.25, -0.2) is 9.67 Å². The lowest BCUT2D eigenvalue weighted by Gasteiger charge is -2.14. The van der Waals surface area contributed by atoms with E-state index in [1.165, 1.54) is 5.01 Å². The fourth-order valence-corrected chi connectivity index (χ4v) is 3.23. The molecule has 0 saturated carbocycles. The molecule has 0 saturated heterocycles. The Morgan fingerprint density at radius 1 is 1.10 bits per heavy atom. The molecular formula is C21H23N5O3. The van der Waals surface area contributed by atoms with Gasteiger partial charge in [-0.15, -0.1) is 4.91 Å². The SMILES string of the molecule is CC(O)COC(C)c1ccc(-n2ccc(C(C)c3ccc4c(c3)N4N=O)n2)nc1. The van der Waals surface area contributed by atoms with Crippen LogP contribution in [0.4, 0.5) is 11.4 Å². The Morgan fingerprint density at radius 2 is 1.90 bits per heavy atom. The van der Waals surface area contributed by atoms with Crippen molar-refractivity contribution in [2.75, 3.05) is 11.6 Å². The molecule has 1 aliphatic heterocycles. The standard InChI is InChI=1S/C21H23N5O3/c1-13(27)12-29-15(3)17-5-7-21(22-11-17)25-9-8-18(23-25)14(2)16-4-6-19-20(10-16)26(19)24-28/h4-11,13-15,27H,12H2,1-3H3. The van der Waals surface area contributed by atoms with Gasteiger partial charge in [0.1, 0.15) is 0 Å². The summed E-state index contributed by atoms with van der Waals surface area (Å²) in [5, 5.41) is 18.3. The molecule has 2 aromatic heterocycles. The second-order valence-corrected chi connectivity index (χ2v) is 7.32. The minimum Gasteiger partial charge on any atom is -0.391 e. The number of fused-ring (bicyclic) bond motifs is 1. The Morgan fingerprint density at radius 3 is 2.59 bits per heavy atom. The Kier molecular flexibility index (Phi) is 5.12. The van der Waals surface area contributed by atoms with Crippen LogP contribution in [0.3, 0.4) is 0 Å². The minimum atomic E-state index is -0.496. The number of hydrogen-bond acceptors (Lipinski definition) is 6. The van der Waals surface area contributed by atoms with E-state index in [2.05, 4.69) is 22.3 Å². The van der Waals surface area contributed by atoms with Crippen molar-refractivity contribution in [2.45, 2.75) is 38.9 Å². The van der Waals surface area contributed by atoms with Crippen LogP contribution >= 0.6 is 0 Å². The second-order valence-electron chi connectivity index (χ2n) is 7.32. The highest BCUT2D eigenvalue weighted by molar-refractivity contribution is 5.92. The molecule has 3 unspecified atom stereocenters. The molecule has 8 heteroatoms. The van der Waals surface area contributed by atoms with Gasteiger partial charge < -0.3 is 9.84 Å². The van der Waals surface area contributed by atoms with E-state index in [-0.39, 0.29) is 18.6 Å². The van der Waals surface area contributed by atoms with Crippen LogP contribution < -0.4 is 5.01 Å². The Labute approximate surface area is 168 Å². The maximum absolute atomic E-state index is 10.7. The van der Waals surface area contributed by atoms with Crippen LogP contribution in [0, 0.1) is 4.91 Å². The predicted molar refractivity (Wildman–Crippen MR) is 109 cm³/mol. The predicted octanol–water partition coefficient (Wildman–Crippen LogP) is 4.01. The van der Waals surface area contributed by atoms with Crippen molar-refractivity contribution in [3.8, 4) is 5.82 Å². The molecule has 1 N–H and O–H groups in total. The molecule has 3 atom stereocenters. The third-order valence-corrected chi connectivity index (χ3v) is 5.10. The number of aliphatic hydroxyl groups is 1. The molecule has 1 aromatic carbocycles. The van der Waals surface area contributed by atoms with Gasteiger partial charge in [0, 0.05) is 18.3 Å². The number of ether oxygens (including phenoxy) is 1.